The largest absolute Gasteiger partial charge is 0.388 e. The number of anilines is 2. The van der Waals surface area contributed by atoms with Crippen LogP contribution in [-0.2, 0) is 0 Å². The Balaban J connectivity index is 2.28. The molecule has 0 spiro atoms. The van der Waals surface area contributed by atoms with Gasteiger partial charge in [0.1, 0.15) is 4.99 Å². The number of nitrogens with one attached hydrogen (secondary N) is 1. The highest BCUT2D eigenvalue weighted by Gasteiger charge is 2.03. The molecule has 2 rings (SSSR count). The lowest BCUT2D eigenvalue weighted by atomic mass is 10.2. The quantitative estimate of drug-likeness (QED) is 0.620. The first-order chi connectivity index (χ1) is 8.56. The summed E-state index contributed by atoms with van der Waals surface area (Å²) >= 11 is 13.0. The summed E-state index contributed by atoms with van der Waals surface area (Å²) < 4.78 is 1.04. The average Bonchev–Trinajstić information content (AvgIpc) is 2.33. The molecule has 1 aromatic heterocycles. The highest BCUT2D eigenvalue weighted by atomic mass is 127. The van der Waals surface area contributed by atoms with Crippen molar-refractivity contribution in [3.05, 3.63) is 50.8 Å². The van der Waals surface area contributed by atoms with Crippen molar-refractivity contribution < 1.29 is 0 Å². The molecule has 0 amide bonds. The van der Waals surface area contributed by atoms with Gasteiger partial charge in [0.15, 0.2) is 0 Å². The van der Waals surface area contributed by atoms with Gasteiger partial charge in [-0.15, -0.1) is 0 Å². The minimum atomic E-state index is 0.282. The predicted octanol–water partition coefficient (Wildman–Crippen LogP) is 3.72. The number of aromatic nitrogens is 1. The van der Waals surface area contributed by atoms with E-state index in [2.05, 4.69) is 32.9 Å². The molecule has 92 valence electrons. The lowest BCUT2D eigenvalue weighted by Crippen LogP contribution is -2.11. The van der Waals surface area contributed by atoms with E-state index in [1.165, 1.54) is 0 Å². The van der Waals surface area contributed by atoms with E-state index < -0.39 is 0 Å². The van der Waals surface area contributed by atoms with Crippen molar-refractivity contribution in [2.24, 2.45) is 5.73 Å². The van der Waals surface area contributed by atoms with Crippen molar-refractivity contribution in [3.63, 3.8) is 0 Å². The van der Waals surface area contributed by atoms with E-state index in [1.807, 2.05) is 30.3 Å². The van der Waals surface area contributed by atoms with Crippen LogP contribution in [0.5, 0.6) is 0 Å². The second-order valence-electron chi connectivity index (χ2n) is 3.54. The van der Waals surface area contributed by atoms with Crippen molar-refractivity contribution in [1.29, 1.82) is 0 Å². The van der Waals surface area contributed by atoms with E-state index in [0.717, 1.165) is 14.9 Å². The Morgan fingerprint density at radius 1 is 1.33 bits per heavy atom. The maximum absolute atomic E-state index is 5.91. The van der Waals surface area contributed by atoms with Crippen molar-refractivity contribution >= 4 is 62.8 Å². The maximum Gasteiger partial charge on any atom is 0.122 e. The van der Waals surface area contributed by atoms with Gasteiger partial charge in [-0.3, -0.25) is 4.98 Å². The van der Waals surface area contributed by atoms with Crippen LogP contribution in [0.15, 0.2) is 36.5 Å². The smallest absolute Gasteiger partial charge is 0.122 e. The second-order valence-corrected chi connectivity index (χ2v) is 5.58. The number of rotatable bonds is 3. The lowest BCUT2D eigenvalue weighted by Gasteiger charge is -2.09. The van der Waals surface area contributed by atoms with E-state index in [4.69, 9.17) is 29.6 Å². The molecular formula is C12H9ClIN3S. The minimum Gasteiger partial charge on any atom is -0.388 e. The summed E-state index contributed by atoms with van der Waals surface area (Å²) in [5.74, 6) is 0. The number of hydrogen-bond donors (Lipinski definition) is 2. The van der Waals surface area contributed by atoms with Crippen LogP contribution in [0.3, 0.4) is 0 Å². The fourth-order valence-corrected chi connectivity index (χ4v) is 2.51. The molecule has 0 fully saturated rings. The van der Waals surface area contributed by atoms with Gasteiger partial charge in [0.25, 0.3) is 0 Å². The Hall–Kier alpha value is -0.920. The van der Waals surface area contributed by atoms with Crippen LogP contribution in [0.2, 0.25) is 5.02 Å². The summed E-state index contributed by atoms with van der Waals surface area (Å²) in [6, 6.07) is 9.31. The molecule has 0 bridgehead atoms. The summed E-state index contributed by atoms with van der Waals surface area (Å²) in [7, 11) is 0. The molecular weight excluding hydrogens is 381 g/mol. The van der Waals surface area contributed by atoms with Gasteiger partial charge >= 0.3 is 0 Å². The predicted molar refractivity (Wildman–Crippen MR) is 87.6 cm³/mol. The molecule has 0 aliphatic rings. The molecule has 3 N–H and O–H groups in total. The molecule has 0 atom stereocenters. The van der Waals surface area contributed by atoms with E-state index in [9.17, 15) is 0 Å². The normalized spacial score (nSPS) is 10.1. The van der Waals surface area contributed by atoms with Gasteiger partial charge in [0.05, 0.1) is 11.4 Å². The standard InChI is InChI=1S/C12H9ClIN3S/c13-7-1-2-10(9(14)5-7)17-8-3-4-16-11(6-8)12(15)18/h1-6H,(H2,15,18)(H,16,17). The number of hydrogen-bond acceptors (Lipinski definition) is 3. The average molecular weight is 390 g/mol. The third-order valence-corrected chi connectivity index (χ3v) is 3.56. The van der Waals surface area contributed by atoms with E-state index >= 15 is 0 Å². The van der Waals surface area contributed by atoms with Crippen LogP contribution in [-0.4, -0.2) is 9.97 Å². The Morgan fingerprint density at radius 3 is 2.78 bits per heavy atom. The fourth-order valence-electron chi connectivity index (χ4n) is 1.39. The SMILES string of the molecule is NC(=S)c1cc(Nc2ccc(Cl)cc2I)ccn1. The summed E-state index contributed by atoms with van der Waals surface area (Å²) in [4.78, 5) is 4.37. The summed E-state index contributed by atoms with van der Waals surface area (Å²) in [5.41, 5.74) is 8.00. The maximum atomic E-state index is 5.91. The van der Waals surface area contributed by atoms with Crippen molar-refractivity contribution in [1.82, 2.24) is 4.98 Å². The first kappa shape index (κ1) is 13.5. The number of benzene rings is 1. The first-order valence-corrected chi connectivity index (χ1v) is 6.90. The molecule has 0 aliphatic carbocycles. The van der Waals surface area contributed by atoms with Crippen LogP contribution in [0.4, 0.5) is 11.4 Å². The van der Waals surface area contributed by atoms with Gasteiger partial charge < -0.3 is 11.1 Å². The van der Waals surface area contributed by atoms with Gasteiger partial charge in [0, 0.05) is 20.5 Å². The van der Waals surface area contributed by atoms with E-state index in [-0.39, 0.29) is 4.99 Å². The number of nitrogens with zero attached hydrogens (tertiary/aromatic N) is 1. The second kappa shape index (κ2) is 5.81. The zero-order valence-corrected chi connectivity index (χ0v) is 12.9. The van der Waals surface area contributed by atoms with Gasteiger partial charge in [0.2, 0.25) is 0 Å². The zero-order chi connectivity index (χ0) is 13.1. The minimum absolute atomic E-state index is 0.282. The van der Waals surface area contributed by atoms with Crippen LogP contribution in [0.25, 0.3) is 0 Å². The Labute approximate surface area is 129 Å². The molecule has 0 saturated heterocycles. The molecule has 1 heterocycles. The molecule has 0 aliphatic heterocycles. The van der Waals surface area contributed by atoms with E-state index in [0.29, 0.717) is 10.7 Å². The zero-order valence-electron chi connectivity index (χ0n) is 9.15. The third-order valence-electron chi connectivity index (χ3n) is 2.22. The topological polar surface area (TPSA) is 50.9 Å². The first-order valence-electron chi connectivity index (χ1n) is 5.04. The Bertz CT molecular complexity index is 604. The number of nitrogens with two attached hydrogens (primary N) is 1. The van der Waals surface area contributed by atoms with Crippen LogP contribution in [0, 0.1) is 3.57 Å². The Morgan fingerprint density at radius 2 is 2.11 bits per heavy atom. The van der Waals surface area contributed by atoms with Gasteiger partial charge in [-0.1, -0.05) is 23.8 Å². The monoisotopic (exact) mass is 389 g/mol. The number of pyridine rings is 1. The fraction of sp³-hybridized carbons (Fsp3) is 0. The van der Waals surface area contributed by atoms with Gasteiger partial charge in [-0.05, 0) is 52.9 Å². The summed E-state index contributed by atoms with van der Waals surface area (Å²) in [6.07, 6.45) is 1.67. The molecule has 2 aromatic rings. The van der Waals surface area contributed by atoms with Crippen molar-refractivity contribution in [2.75, 3.05) is 5.32 Å². The lowest BCUT2D eigenvalue weighted by molar-refractivity contribution is 1.29. The highest BCUT2D eigenvalue weighted by molar-refractivity contribution is 14.1. The molecule has 6 heteroatoms. The van der Waals surface area contributed by atoms with Crippen LogP contribution in [0.1, 0.15) is 5.69 Å². The number of thiocarbonyl (C=S) groups is 1. The summed E-state index contributed by atoms with van der Waals surface area (Å²) in [6.45, 7) is 0. The van der Waals surface area contributed by atoms with Crippen LogP contribution < -0.4 is 11.1 Å². The summed E-state index contributed by atoms with van der Waals surface area (Å²) in [5, 5.41) is 3.98. The van der Waals surface area contributed by atoms with E-state index in [1.54, 1.807) is 6.20 Å². The highest BCUT2D eigenvalue weighted by Crippen LogP contribution is 2.25. The van der Waals surface area contributed by atoms with Crippen molar-refractivity contribution in [2.45, 2.75) is 0 Å². The molecule has 18 heavy (non-hydrogen) atoms. The third kappa shape index (κ3) is 3.30. The van der Waals surface area contributed by atoms with Crippen molar-refractivity contribution in [3.8, 4) is 0 Å². The van der Waals surface area contributed by atoms with Gasteiger partial charge in [-0.2, -0.15) is 0 Å². The number of halogens is 2. The molecule has 0 unspecified atom stereocenters. The molecule has 0 saturated carbocycles. The molecule has 1 aromatic carbocycles. The van der Waals surface area contributed by atoms with Gasteiger partial charge in [-0.25, -0.2) is 0 Å². The molecule has 0 radical (unpaired) electrons. The Kier molecular flexibility index (Phi) is 4.36. The molecule has 3 nitrogen and oxygen atoms in total. The van der Waals surface area contributed by atoms with Crippen LogP contribution >= 0.6 is 46.4 Å².